The molecule has 0 aliphatic heterocycles. The molecular weight excluding hydrogens is 234 g/mol. The molecule has 1 aliphatic rings. The molecule has 1 fully saturated rings. The predicted molar refractivity (Wildman–Crippen MR) is 80.5 cm³/mol. The Hall–Kier alpha value is -1.02. The van der Waals surface area contributed by atoms with Crippen molar-refractivity contribution in [3.8, 4) is 5.75 Å². The van der Waals surface area contributed by atoms with Gasteiger partial charge in [-0.2, -0.15) is 0 Å². The van der Waals surface area contributed by atoms with Gasteiger partial charge in [-0.1, -0.05) is 26.0 Å². The van der Waals surface area contributed by atoms with Crippen molar-refractivity contribution in [3.05, 3.63) is 29.8 Å². The van der Waals surface area contributed by atoms with Crippen molar-refractivity contribution in [3.63, 3.8) is 0 Å². The smallest absolute Gasteiger partial charge is 0.119 e. The second-order valence-corrected chi connectivity index (χ2v) is 5.63. The number of nitrogens with one attached hydrogen (secondary N) is 1. The Labute approximate surface area is 117 Å². The van der Waals surface area contributed by atoms with E-state index < -0.39 is 0 Å². The summed E-state index contributed by atoms with van der Waals surface area (Å²) in [5.41, 5.74) is 1.40. The third kappa shape index (κ3) is 3.97. The average Bonchev–Trinajstić information content (AvgIpc) is 3.25. The Morgan fingerprint density at radius 3 is 2.42 bits per heavy atom. The lowest BCUT2D eigenvalue weighted by molar-refractivity contribution is 0.337. The molecule has 1 aliphatic carbocycles. The lowest BCUT2D eigenvalue weighted by atomic mass is 9.90. The summed E-state index contributed by atoms with van der Waals surface area (Å²) in [5, 5.41) is 3.72. The first-order chi connectivity index (χ1) is 9.26. The summed E-state index contributed by atoms with van der Waals surface area (Å²) in [7, 11) is 0. The number of benzene rings is 1. The van der Waals surface area contributed by atoms with Gasteiger partial charge in [-0.3, -0.25) is 0 Å². The fraction of sp³-hybridized carbons (Fsp3) is 0.647. The molecule has 0 aromatic heterocycles. The van der Waals surface area contributed by atoms with E-state index in [4.69, 9.17) is 4.74 Å². The van der Waals surface area contributed by atoms with Crippen LogP contribution in [0.5, 0.6) is 5.75 Å². The van der Waals surface area contributed by atoms with Crippen LogP contribution >= 0.6 is 0 Å². The van der Waals surface area contributed by atoms with Crippen molar-refractivity contribution in [1.82, 2.24) is 5.32 Å². The van der Waals surface area contributed by atoms with E-state index in [0.717, 1.165) is 30.7 Å². The van der Waals surface area contributed by atoms with Crippen molar-refractivity contribution in [1.29, 1.82) is 0 Å². The molecule has 0 amide bonds. The lowest BCUT2D eigenvalue weighted by Crippen LogP contribution is -2.28. The first-order valence-electron chi connectivity index (χ1n) is 7.72. The van der Waals surface area contributed by atoms with Gasteiger partial charge in [-0.25, -0.2) is 0 Å². The molecule has 2 heteroatoms. The highest BCUT2D eigenvalue weighted by Gasteiger charge is 2.33. The second-order valence-electron chi connectivity index (χ2n) is 5.63. The van der Waals surface area contributed by atoms with Crippen LogP contribution in [0.1, 0.15) is 51.6 Å². The van der Waals surface area contributed by atoms with Crippen LogP contribution in [0.15, 0.2) is 24.3 Å². The second kappa shape index (κ2) is 6.95. The summed E-state index contributed by atoms with van der Waals surface area (Å²) in [5.74, 6) is 2.62. The van der Waals surface area contributed by atoms with E-state index in [1.807, 2.05) is 6.92 Å². The average molecular weight is 261 g/mol. The highest BCUT2D eigenvalue weighted by atomic mass is 16.5. The Morgan fingerprint density at radius 2 is 1.89 bits per heavy atom. The topological polar surface area (TPSA) is 21.3 Å². The Morgan fingerprint density at radius 1 is 1.21 bits per heavy atom. The number of hydrogen-bond donors (Lipinski definition) is 1. The molecule has 0 radical (unpaired) electrons. The van der Waals surface area contributed by atoms with Crippen LogP contribution in [0.4, 0.5) is 0 Å². The van der Waals surface area contributed by atoms with Crippen LogP contribution in [0.3, 0.4) is 0 Å². The number of ether oxygens (including phenoxy) is 1. The predicted octanol–water partition coefficient (Wildman–Crippen LogP) is 4.17. The largest absolute Gasteiger partial charge is 0.494 e. The van der Waals surface area contributed by atoms with Crippen LogP contribution in [0.2, 0.25) is 0 Å². The zero-order chi connectivity index (χ0) is 13.7. The molecule has 1 aromatic rings. The molecule has 1 N–H and O–H groups in total. The van der Waals surface area contributed by atoms with Crippen molar-refractivity contribution < 1.29 is 4.74 Å². The van der Waals surface area contributed by atoms with Gasteiger partial charge in [0.2, 0.25) is 0 Å². The van der Waals surface area contributed by atoms with Crippen molar-refractivity contribution in [2.75, 3.05) is 13.2 Å². The fourth-order valence-corrected chi connectivity index (χ4v) is 2.74. The Balaban J connectivity index is 2.07. The lowest BCUT2D eigenvalue weighted by Gasteiger charge is -2.26. The summed E-state index contributed by atoms with van der Waals surface area (Å²) in [6.45, 7) is 8.46. The Bertz CT molecular complexity index is 369. The van der Waals surface area contributed by atoms with Gasteiger partial charge in [0, 0.05) is 6.04 Å². The minimum Gasteiger partial charge on any atom is -0.494 e. The molecular formula is C17H27NO. The third-order valence-corrected chi connectivity index (χ3v) is 4.06. The van der Waals surface area contributed by atoms with Crippen molar-refractivity contribution in [2.45, 2.75) is 46.1 Å². The summed E-state index contributed by atoms with van der Waals surface area (Å²) in [6.07, 6.45) is 4.00. The molecule has 106 valence electrons. The number of hydrogen-bond acceptors (Lipinski definition) is 2. The maximum Gasteiger partial charge on any atom is 0.119 e. The number of rotatable bonds is 8. The normalized spacial score (nSPS) is 18.1. The van der Waals surface area contributed by atoms with Gasteiger partial charge in [0.15, 0.2) is 0 Å². The van der Waals surface area contributed by atoms with Crippen molar-refractivity contribution >= 4 is 0 Å². The van der Waals surface area contributed by atoms with Gasteiger partial charge >= 0.3 is 0 Å². The van der Waals surface area contributed by atoms with Gasteiger partial charge in [-0.05, 0) is 62.3 Å². The first-order valence-corrected chi connectivity index (χ1v) is 7.72. The van der Waals surface area contributed by atoms with Crippen LogP contribution in [-0.4, -0.2) is 13.2 Å². The molecule has 0 heterocycles. The summed E-state index contributed by atoms with van der Waals surface area (Å²) < 4.78 is 5.52. The van der Waals surface area contributed by atoms with Gasteiger partial charge in [0.1, 0.15) is 5.75 Å². The minimum atomic E-state index is 0.489. The molecule has 1 saturated carbocycles. The summed E-state index contributed by atoms with van der Waals surface area (Å²) in [4.78, 5) is 0. The van der Waals surface area contributed by atoms with E-state index in [0.29, 0.717) is 6.04 Å². The fourth-order valence-electron chi connectivity index (χ4n) is 2.74. The molecule has 2 unspecified atom stereocenters. The van der Waals surface area contributed by atoms with Gasteiger partial charge in [-0.15, -0.1) is 0 Å². The van der Waals surface area contributed by atoms with Crippen LogP contribution in [-0.2, 0) is 0 Å². The zero-order valence-electron chi connectivity index (χ0n) is 12.5. The Kier molecular flexibility index (Phi) is 5.26. The highest BCUT2D eigenvalue weighted by molar-refractivity contribution is 5.29. The van der Waals surface area contributed by atoms with E-state index in [1.165, 1.54) is 24.8 Å². The van der Waals surface area contributed by atoms with Crippen LogP contribution in [0.25, 0.3) is 0 Å². The molecule has 1 aromatic carbocycles. The molecule has 2 nitrogen and oxygen atoms in total. The van der Waals surface area contributed by atoms with E-state index in [2.05, 4.69) is 43.4 Å². The zero-order valence-corrected chi connectivity index (χ0v) is 12.5. The molecule has 0 saturated heterocycles. The first kappa shape index (κ1) is 14.4. The maximum atomic E-state index is 5.52. The minimum absolute atomic E-state index is 0.489. The van der Waals surface area contributed by atoms with Gasteiger partial charge in [0.25, 0.3) is 0 Å². The molecule has 2 rings (SSSR count). The quantitative estimate of drug-likeness (QED) is 0.758. The van der Waals surface area contributed by atoms with E-state index in [1.54, 1.807) is 0 Å². The molecule has 0 spiro atoms. The summed E-state index contributed by atoms with van der Waals surface area (Å²) in [6, 6.07) is 9.12. The van der Waals surface area contributed by atoms with Crippen LogP contribution in [0, 0.1) is 11.8 Å². The third-order valence-electron chi connectivity index (χ3n) is 4.06. The standard InChI is InChI=1S/C17H27NO/c1-4-12-18-17(13(3)14-6-7-14)15-8-10-16(11-9-15)19-5-2/h8-11,13-14,17-18H,4-7,12H2,1-3H3. The van der Waals surface area contributed by atoms with Gasteiger partial charge < -0.3 is 10.1 Å². The van der Waals surface area contributed by atoms with Crippen LogP contribution < -0.4 is 10.1 Å². The maximum absolute atomic E-state index is 5.52. The van der Waals surface area contributed by atoms with Gasteiger partial charge in [0.05, 0.1) is 6.61 Å². The highest BCUT2D eigenvalue weighted by Crippen LogP contribution is 2.42. The summed E-state index contributed by atoms with van der Waals surface area (Å²) >= 11 is 0. The van der Waals surface area contributed by atoms with E-state index in [9.17, 15) is 0 Å². The molecule has 2 atom stereocenters. The monoisotopic (exact) mass is 261 g/mol. The van der Waals surface area contributed by atoms with Crippen molar-refractivity contribution in [2.24, 2.45) is 11.8 Å². The molecule has 0 bridgehead atoms. The van der Waals surface area contributed by atoms with E-state index >= 15 is 0 Å². The van der Waals surface area contributed by atoms with E-state index in [-0.39, 0.29) is 0 Å². The molecule has 19 heavy (non-hydrogen) atoms. The SMILES string of the molecule is CCCNC(c1ccc(OCC)cc1)C(C)C1CC1.